The predicted molar refractivity (Wildman–Crippen MR) is 98.9 cm³/mol. The number of nitrogens with zero attached hydrogens (tertiary/aromatic N) is 3. The van der Waals surface area contributed by atoms with Gasteiger partial charge in [-0.2, -0.15) is 0 Å². The molecule has 2 aliphatic heterocycles. The van der Waals surface area contributed by atoms with Crippen molar-refractivity contribution in [1.82, 2.24) is 20.0 Å². The lowest BCUT2D eigenvalue weighted by Gasteiger charge is -2.40. The van der Waals surface area contributed by atoms with Crippen molar-refractivity contribution in [2.75, 3.05) is 66.0 Å². The first-order valence-electron chi connectivity index (χ1n) is 9.34. The minimum Gasteiger partial charge on any atom is -0.494 e. The summed E-state index contributed by atoms with van der Waals surface area (Å²) < 4.78 is 5.84. The molecule has 1 N–H and O–H groups in total. The summed E-state index contributed by atoms with van der Waals surface area (Å²) in [5, 5.41) is 3.38. The van der Waals surface area contributed by atoms with Gasteiger partial charge in [-0.05, 0) is 20.0 Å². The Morgan fingerprint density at radius 3 is 2.48 bits per heavy atom. The summed E-state index contributed by atoms with van der Waals surface area (Å²) in [6.07, 6.45) is 0. The first-order valence-corrected chi connectivity index (χ1v) is 9.34. The monoisotopic (exact) mass is 346 g/mol. The highest BCUT2D eigenvalue weighted by Crippen LogP contribution is 2.31. The van der Waals surface area contributed by atoms with Crippen LogP contribution in [0.3, 0.4) is 0 Å². The van der Waals surface area contributed by atoms with Gasteiger partial charge in [0.15, 0.2) is 0 Å². The number of hydrogen-bond acceptors (Lipinski definition) is 5. The van der Waals surface area contributed by atoms with E-state index in [1.807, 2.05) is 36.1 Å². The van der Waals surface area contributed by atoms with Gasteiger partial charge in [0, 0.05) is 57.9 Å². The zero-order chi connectivity index (χ0) is 17.6. The number of rotatable bonds is 5. The lowest BCUT2D eigenvalue weighted by molar-refractivity contribution is -0.139. The number of carbonyl (C=O) groups excluding carboxylic acids is 1. The molecule has 1 atom stereocenters. The van der Waals surface area contributed by atoms with Crippen LogP contribution in [0.25, 0.3) is 0 Å². The molecule has 3 rings (SSSR count). The van der Waals surface area contributed by atoms with E-state index in [4.69, 9.17) is 4.74 Å². The lowest BCUT2D eigenvalue weighted by atomic mass is 10.0. The van der Waals surface area contributed by atoms with Crippen molar-refractivity contribution in [3.05, 3.63) is 29.8 Å². The molecule has 0 spiro atoms. The molecule has 6 heteroatoms. The molecule has 138 valence electrons. The van der Waals surface area contributed by atoms with Gasteiger partial charge < -0.3 is 19.9 Å². The van der Waals surface area contributed by atoms with E-state index in [-0.39, 0.29) is 11.9 Å². The van der Waals surface area contributed by atoms with E-state index in [0.717, 1.165) is 63.7 Å². The summed E-state index contributed by atoms with van der Waals surface area (Å²) in [6, 6.07) is 7.75. The van der Waals surface area contributed by atoms with Crippen molar-refractivity contribution >= 4 is 5.91 Å². The quantitative estimate of drug-likeness (QED) is 0.855. The molecule has 25 heavy (non-hydrogen) atoms. The SMILES string of the molecule is CCOc1ccccc1C(C(=O)N1CCN(C)CC1)N1CCNCC1. The molecule has 1 amide bonds. The second kappa shape index (κ2) is 8.65. The third kappa shape index (κ3) is 4.32. The molecule has 0 aliphatic carbocycles. The summed E-state index contributed by atoms with van der Waals surface area (Å²) in [6.45, 7) is 9.67. The van der Waals surface area contributed by atoms with Crippen molar-refractivity contribution in [3.8, 4) is 5.75 Å². The van der Waals surface area contributed by atoms with Crippen LogP contribution in [0.1, 0.15) is 18.5 Å². The molecule has 0 saturated carbocycles. The number of carbonyl (C=O) groups is 1. The molecule has 2 aliphatic rings. The van der Waals surface area contributed by atoms with Gasteiger partial charge in [-0.1, -0.05) is 18.2 Å². The highest BCUT2D eigenvalue weighted by atomic mass is 16.5. The Kier molecular flexibility index (Phi) is 6.29. The predicted octanol–water partition coefficient (Wildman–Crippen LogP) is 0.806. The molecule has 6 nitrogen and oxygen atoms in total. The van der Waals surface area contributed by atoms with Crippen LogP contribution in [0.4, 0.5) is 0 Å². The van der Waals surface area contributed by atoms with Crippen LogP contribution in [0.2, 0.25) is 0 Å². The van der Waals surface area contributed by atoms with Gasteiger partial charge in [0.05, 0.1) is 6.61 Å². The third-order valence-electron chi connectivity index (χ3n) is 5.08. The number of amides is 1. The van der Waals surface area contributed by atoms with E-state index in [2.05, 4.69) is 22.2 Å². The van der Waals surface area contributed by atoms with Gasteiger partial charge in [-0.25, -0.2) is 0 Å². The molecular weight excluding hydrogens is 316 g/mol. The van der Waals surface area contributed by atoms with E-state index in [9.17, 15) is 4.79 Å². The van der Waals surface area contributed by atoms with Crippen LogP contribution >= 0.6 is 0 Å². The standard InChI is InChI=1S/C19H30N4O2/c1-3-25-17-7-5-4-6-16(17)18(22-10-8-20-9-11-22)19(24)23-14-12-21(2)13-15-23/h4-7,18,20H,3,8-15H2,1-2H3. The van der Waals surface area contributed by atoms with Gasteiger partial charge in [0.1, 0.15) is 11.8 Å². The average Bonchev–Trinajstić information content (AvgIpc) is 2.65. The van der Waals surface area contributed by atoms with Crippen molar-refractivity contribution < 1.29 is 9.53 Å². The summed E-state index contributed by atoms with van der Waals surface area (Å²) in [5.74, 6) is 1.04. The van der Waals surface area contributed by atoms with Crippen LogP contribution in [0.15, 0.2) is 24.3 Å². The van der Waals surface area contributed by atoms with Gasteiger partial charge in [-0.15, -0.1) is 0 Å². The normalized spacial score (nSPS) is 21.1. The Bertz CT molecular complexity index is 566. The summed E-state index contributed by atoms with van der Waals surface area (Å²) in [4.78, 5) is 20.1. The van der Waals surface area contributed by atoms with Gasteiger partial charge in [-0.3, -0.25) is 9.69 Å². The summed E-state index contributed by atoms with van der Waals surface area (Å²) in [5.41, 5.74) is 0.996. The largest absolute Gasteiger partial charge is 0.494 e. The Morgan fingerprint density at radius 1 is 1.12 bits per heavy atom. The fourth-order valence-corrected chi connectivity index (χ4v) is 3.62. The summed E-state index contributed by atoms with van der Waals surface area (Å²) >= 11 is 0. The molecule has 2 fully saturated rings. The first kappa shape index (κ1) is 18.2. The smallest absolute Gasteiger partial charge is 0.244 e. The molecular formula is C19H30N4O2. The number of benzene rings is 1. The highest BCUT2D eigenvalue weighted by molar-refractivity contribution is 5.84. The minimum absolute atomic E-state index is 0.210. The van der Waals surface area contributed by atoms with Gasteiger partial charge in [0.2, 0.25) is 5.91 Å². The topological polar surface area (TPSA) is 48.1 Å². The maximum atomic E-state index is 13.5. The van der Waals surface area contributed by atoms with Crippen molar-refractivity contribution in [2.45, 2.75) is 13.0 Å². The van der Waals surface area contributed by atoms with Gasteiger partial charge >= 0.3 is 0 Å². The van der Waals surface area contributed by atoms with Crippen molar-refractivity contribution in [1.29, 1.82) is 0 Å². The van der Waals surface area contributed by atoms with E-state index < -0.39 is 0 Å². The molecule has 0 radical (unpaired) electrons. The molecule has 2 saturated heterocycles. The van der Waals surface area contributed by atoms with Crippen LogP contribution < -0.4 is 10.1 Å². The second-order valence-corrected chi connectivity index (χ2v) is 6.79. The van der Waals surface area contributed by atoms with Crippen molar-refractivity contribution in [2.24, 2.45) is 0 Å². The van der Waals surface area contributed by atoms with Crippen LogP contribution in [-0.2, 0) is 4.79 Å². The highest BCUT2D eigenvalue weighted by Gasteiger charge is 2.34. The Morgan fingerprint density at radius 2 is 1.80 bits per heavy atom. The van der Waals surface area contributed by atoms with Crippen LogP contribution in [-0.4, -0.2) is 86.6 Å². The Labute approximate surface area is 150 Å². The molecule has 0 aromatic heterocycles. The fraction of sp³-hybridized carbons (Fsp3) is 0.632. The number of likely N-dealkylation sites (N-methyl/N-ethyl adjacent to an activating group) is 1. The molecule has 1 aromatic rings. The van der Waals surface area contributed by atoms with E-state index in [1.54, 1.807) is 0 Å². The molecule has 2 heterocycles. The number of hydrogen-bond donors (Lipinski definition) is 1. The molecule has 0 bridgehead atoms. The minimum atomic E-state index is -0.256. The maximum Gasteiger partial charge on any atom is 0.244 e. The second-order valence-electron chi connectivity index (χ2n) is 6.79. The van der Waals surface area contributed by atoms with E-state index in [0.29, 0.717) is 6.61 Å². The fourth-order valence-electron chi connectivity index (χ4n) is 3.62. The average molecular weight is 346 g/mol. The van der Waals surface area contributed by atoms with Crippen molar-refractivity contribution in [3.63, 3.8) is 0 Å². The number of para-hydroxylation sites is 1. The molecule has 1 aromatic carbocycles. The molecule has 1 unspecified atom stereocenters. The first-order chi connectivity index (χ1) is 12.2. The maximum absolute atomic E-state index is 13.5. The lowest BCUT2D eigenvalue weighted by Crippen LogP contribution is -2.54. The zero-order valence-corrected chi connectivity index (χ0v) is 15.4. The van der Waals surface area contributed by atoms with Gasteiger partial charge in [0.25, 0.3) is 0 Å². The van der Waals surface area contributed by atoms with E-state index in [1.165, 1.54) is 0 Å². The van der Waals surface area contributed by atoms with E-state index >= 15 is 0 Å². The Balaban J connectivity index is 1.88. The van der Waals surface area contributed by atoms with Crippen LogP contribution in [0.5, 0.6) is 5.75 Å². The number of piperazine rings is 2. The van der Waals surface area contributed by atoms with Crippen LogP contribution in [0, 0.1) is 0 Å². The number of nitrogens with one attached hydrogen (secondary N) is 1. The third-order valence-corrected chi connectivity index (χ3v) is 5.08. The Hall–Kier alpha value is -1.63. The summed E-state index contributed by atoms with van der Waals surface area (Å²) in [7, 11) is 2.11. The number of ether oxygens (including phenoxy) is 1. The zero-order valence-electron chi connectivity index (χ0n) is 15.4.